The number of hydrogen-bond donors (Lipinski definition) is 2. The molecule has 7 nitrogen and oxygen atoms in total. The molecule has 2 heterocycles. The minimum absolute atomic E-state index is 0.264. The van der Waals surface area contributed by atoms with E-state index in [9.17, 15) is 14.4 Å². The highest BCUT2D eigenvalue weighted by molar-refractivity contribution is 7.98. The second-order valence-corrected chi connectivity index (χ2v) is 8.10. The first-order valence-electron chi connectivity index (χ1n) is 9.81. The largest absolute Gasteiger partial charge is 0.353 e. The number of carbonyl (C=O) groups is 1. The van der Waals surface area contributed by atoms with E-state index in [1.54, 1.807) is 36.0 Å². The Morgan fingerprint density at radius 2 is 2.14 bits per heavy atom. The van der Waals surface area contributed by atoms with Crippen LogP contribution in [0.1, 0.15) is 32.2 Å². The average molecular weight is 405 g/mol. The molecule has 0 spiro atoms. The number of carbonyl (C=O) groups excluding carboxylic acids is 1. The van der Waals surface area contributed by atoms with Gasteiger partial charge in [0.1, 0.15) is 6.04 Å². The summed E-state index contributed by atoms with van der Waals surface area (Å²) in [6.07, 6.45) is 4.56. The van der Waals surface area contributed by atoms with Crippen molar-refractivity contribution in [1.29, 1.82) is 0 Å². The van der Waals surface area contributed by atoms with E-state index in [1.807, 2.05) is 6.26 Å². The van der Waals surface area contributed by atoms with Crippen LogP contribution in [0.25, 0.3) is 10.9 Å². The van der Waals surface area contributed by atoms with E-state index in [2.05, 4.69) is 22.1 Å². The van der Waals surface area contributed by atoms with Gasteiger partial charge in [-0.05, 0) is 56.5 Å². The summed E-state index contributed by atoms with van der Waals surface area (Å²) < 4.78 is 1.08. The molecule has 3 rings (SSSR count). The fraction of sp³-hybridized carbons (Fsp3) is 0.550. The molecule has 1 aromatic carbocycles. The Bertz CT molecular complexity index is 939. The second kappa shape index (κ2) is 9.43. The summed E-state index contributed by atoms with van der Waals surface area (Å²) in [7, 11) is 0. The molecule has 1 aliphatic rings. The molecule has 152 valence electrons. The molecular weight excluding hydrogens is 376 g/mol. The van der Waals surface area contributed by atoms with Crippen LogP contribution in [0.4, 0.5) is 0 Å². The Morgan fingerprint density at radius 3 is 2.89 bits per heavy atom. The van der Waals surface area contributed by atoms with Gasteiger partial charge in [-0.1, -0.05) is 19.1 Å². The van der Waals surface area contributed by atoms with Crippen molar-refractivity contribution in [3.8, 4) is 0 Å². The number of H-pyrrole nitrogens is 1. The summed E-state index contributed by atoms with van der Waals surface area (Å²) in [5, 5.41) is 3.41. The number of para-hydroxylation sites is 1. The number of aromatic amines is 1. The highest BCUT2D eigenvalue weighted by Crippen LogP contribution is 2.17. The van der Waals surface area contributed by atoms with Crippen LogP contribution in [0, 0.1) is 0 Å². The van der Waals surface area contributed by atoms with Crippen LogP contribution in [0.2, 0.25) is 0 Å². The Morgan fingerprint density at radius 1 is 1.36 bits per heavy atom. The van der Waals surface area contributed by atoms with Gasteiger partial charge >= 0.3 is 5.69 Å². The third kappa shape index (κ3) is 4.33. The molecule has 2 N–H and O–H groups in total. The Balaban J connectivity index is 1.87. The molecule has 0 aliphatic carbocycles. The summed E-state index contributed by atoms with van der Waals surface area (Å²) in [4.78, 5) is 43.7. The quantitative estimate of drug-likeness (QED) is 0.698. The van der Waals surface area contributed by atoms with Crippen molar-refractivity contribution in [2.75, 3.05) is 31.6 Å². The molecular formula is C20H28N4O3S. The fourth-order valence-corrected chi connectivity index (χ4v) is 4.40. The number of amides is 1. The van der Waals surface area contributed by atoms with Crippen LogP contribution >= 0.6 is 11.8 Å². The van der Waals surface area contributed by atoms with Gasteiger partial charge in [-0.2, -0.15) is 11.8 Å². The molecule has 2 aromatic rings. The van der Waals surface area contributed by atoms with Crippen molar-refractivity contribution in [2.24, 2.45) is 0 Å². The Hall–Kier alpha value is -2.06. The first kappa shape index (κ1) is 20.7. The number of rotatable bonds is 8. The molecule has 1 saturated heterocycles. The summed E-state index contributed by atoms with van der Waals surface area (Å²) in [6, 6.07) is 6.39. The molecule has 0 saturated carbocycles. The van der Waals surface area contributed by atoms with Gasteiger partial charge in [-0.15, -0.1) is 0 Å². The topological polar surface area (TPSA) is 87.2 Å². The molecule has 1 amide bonds. The van der Waals surface area contributed by atoms with Crippen molar-refractivity contribution < 1.29 is 4.79 Å². The van der Waals surface area contributed by atoms with Crippen molar-refractivity contribution in [3.05, 3.63) is 45.1 Å². The lowest BCUT2D eigenvalue weighted by Gasteiger charge is -2.24. The fourth-order valence-electron chi connectivity index (χ4n) is 3.94. The van der Waals surface area contributed by atoms with E-state index in [0.717, 1.165) is 30.5 Å². The van der Waals surface area contributed by atoms with Gasteiger partial charge in [-0.25, -0.2) is 9.36 Å². The predicted molar refractivity (Wildman–Crippen MR) is 114 cm³/mol. The predicted octanol–water partition coefficient (Wildman–Crippen LogP) is 1.58. The van der Waals surface area contributed by atoms with Crippen LogP contribution in [0.3, 0.4) is 0 Å². The van der Waals surface area contributed by atoms with E-state index in [1.165, 1.54) is 0 Å². The van der Waals surface area contributed by atoms with Gasteiger partial charge < -0.3 is 10.3 Å². The van der Waals surface area contributed by atoms with E-state index in [4.69, 9.17) is 0 Å². The van der Waals surface area contributed by atoms with Crippen LogP contribution in [0.15, 0.2) is 33.9 Å². The number of aromatic nitrogens is 2. The number of thioether (sulfide) groups is 1. The number of nitrogens with one attached hydrogen (secondary N) is 2. The zero-order valence-electron chi connectivity index (χ0n) is 16.4. The molecule has 8 heteroatoms. The summed E-state index contributed by atoms with van der Waals surface area (Å²) in [5.41, 5.74) is -0.472. The van der Waals surface area contributed by atoms with Gasteiger partial charge in [0.15, 0.2) is 0 Å². The van der Waals surface area contributed by atoms with Crippen molar-refractivity contribution in [1.82, 2.24) is 19.8 Å². The molecule has 0 unspecified atom stereocenters. The highest BCUT2D eigenvalue weighted by Gasteiger charge is 2.27. The van der Waals surface area contributed by atoms with Gasteiger partial charge in [0.25, 0.3) is 5.56 Å². The van der Waals surface area contributed by atoms with Gasteiger partial charge in [0.2, 0.25) is 5.91 Å². The zero-order chi connectivity index (χ0) is 20.1. The van der Waals surface area contributed by atoms with Crippen LogP contribution in [-0.2, 0) is 4.79 Å². The first-order valence-corrected chi connectivity index (χ1v) is 11.2. The van der Waals surface area contributed by atoms with Crippen LogP contribution < -0.4 is 16.6 Å². The maximum Gasteiger partial charge on any atom is 0.329 e. The first-order chi connectivity index (χ1) is 13.6. The number of nitrogens with zero attached hydrogens (tertiary/aromatic N) is 2. The van der Waals surface area contributed by atoms with Gasteiger partial charge in [0.05, 0.1) is 10.9 Å². The standard InChI is InChI=1S/C20H28N4O3S/c1-3-23-11-6-7-14(23)13-21-18(25)17(10-12-28-2)24-19(26)15-8-4-5-9-16(15)22-20(24)27/h4-5,8-9,14,17H,3,6-7,10-13H2,1-2H3,(H,21,25)(H,22,27)/t14-,17+/m1/s1. The van der Waals surface area contributed by atoms with Crippen LogP contribution in [-0.4, -0.2) is 58.0 Å². The zero-order valence-corrected chi connectivity index (χ0v) is 17.3. The summed E-state index contributed by atoms with van der Waals surface area (Å²) >= 11 is 1.59. The third-order valence-corrected chi connectivity index (χ3v) is 6.11. The SMILES string of the molecule is CCN1CCC[C@@H]1CNC(=O)[C@H](CCSC)n1c(=O)[nH]c2ccccc2c1=O. The third-order valence-electron chi connectivity index (χ3n) is 5.46. The molecule has 0 bridgehead atoms. The monoisotopic (exact) mass is 404 g/mol. The molecule has 1 aromatic heterocycles. The Kier molecular flexibility index (Phi) is 6.96. The molecule has 0 radical (unpaired) electrons. The van der Waals surface area contributed by atoms with Crippen molar-refractivity contribution in [2.45, 2.75) is 38.3 Å². The number of likely N-dealkylation sites (tertiary alicyclic amines) is 1. The van der Waals surface area contributed by atoms with Crippen molar-refractivity contribution in [3.63, 3.8) is 0 Å². The summed E-state index contributed by atoms with van der Waals surface area (Å²) in [6.45, 7) is 4.68. The van der Waals surface area contributed by atoms with Crippen molar-refractivity contribution >= 4 is 28.6 Å². The second-order valence-electron chi connectivity index (χ2n) is 7.12. The van der Waals surface area contributed by atoms with E-state index >= 15 is 0 Å². The van der Waals surface area contributed by atoms with Gasteiger partial charge in [0, 0.05) is 12.6 Å². The molecule has 1 aliphatic heterocycles. The lowest BCUT2D eigenvalue weighted by atomic mass is 10.1. The smallest absolute Gasteiger partial charge is 0.329 e. The van der Waals surface area contributed by atoms with E-state index in [0.29, 0.717) is 35.7 Å². The number of likely N-dealkylation sites (N-methyl/N-ethyl adjacent to an activating group) is 1. The minimum Gasteiger partial charge on any atom is -0.353 e. The maximum atomic E-state index is 13.0. The molecule has 2 atom stereocenters. The minimum atomic E-state index is -0.815. The maximum absolute atomic E-state index is 13.0. The molecule has 28 heavy (non-hydrogen) atoms. The average Bonchev–Trinajstić information content (AvgIpc) is 3.16. The van der Waals surface area contributed by atoms with Crippen LogP contribution in [0.5, 0.6) is 0 Å². The highest BCUT2D eigenvalue weighted by atomic mass is 32.2. The number of hydrogen-bond acceptors (Lipinski definition) is 5. The lowest BCUT2D eigenvalue weighted by molar-refractivity contribution is -0.124. The molecule has 1 fully saturated rings. The van der Waals surface area contributed by atoms with E-state index in [-0.39, 0.29) is 5.91 Å². The normalized spacial score (nSPS) is 18.4. The number of fused-ring (bicyclic) bond motifs is 1. The number of benzene rings is 1. The lowest BCUT2D eigenvalue weighted by Crippen LogP contribution is -2.47. The Labute approximate surface area is 168 Å². The van der Waals surface area contributed by atoms with E-state index < -0.39 is 17.3 Å². The van der Waals surface area contributed by atoms with Gasteiger partial charge in [-0.3, -0.25) is 14.5 Å². The summed E-state index contributed by atoms with van der Waals surface area (Å²) in [5.74, 6) is 0.418.